The van der Waals surface area contributed by atoms with E-state index in [0.717, 1.165) is 13.1 Å². The Morgan fingerprint density at radius 3 is 1.31 bits per heavy atom. The van der Waals surface area contributed by atoms with E-state index in [0.29, 0.717) is 0 Å². The van der Waals surface area contributed by atoms with Crippen LogP contribution in [0.15, 0.2) is 48.5 Å². The Hall–Kier alpha value is 0.776. The van der Waals surface area contributed by atoms with Crippen molar-refractivity contribution in [3.63, 3.8) is 0 Å². The maximum atomic E-state index is 2.35. The summed E-state index contributed by atoms with van der Waals surface area (Å²) in [5.41, 5.74) is 2.73. The normalized spacial score (nSPS) is 8.97. The van der Waals surface area contributed by atoms with Crippen LogP contribution in [0.1, 0.15) is 31.3 Å². The van der Waals surface area contributed by atoms with Crippen LogP contribution in [0.25, 0.3) is 20.4 Å². The number of halogens is 2. The van der Waals surface area contributed by atoms with Gasteiger partial charge in [-0.3, -0.25) is 0 Å². The second kappa shape index (κ2) is 16.4. The van der Waals surface area contributed by atoms with Crippen LogP contribution < -0.4 is 94.5 Å². The molecule has 0 atom stereocenters. The van der Waals surface area contributed by atoms with Crippen LogP contribution in [-0.2, 0) is 13.1 Å². The molecule has 2 heterocycles. The van der Waals surface area contributed by atoms with E-state index in [2.05, 4.69) is 85.4 Å². The van der Waals surface area contributed by atoms with Gasteiger partial charge in [-0.2, -0.15) is 9.13 Å². The molecule has 29 heavy (non-hydrogen) atoms. The first-order chi connectivity index (χ1) is 11.7. The van der Waals surface area contributed by atoms with Crippen molar-refractivity contribution >= 4 is 43.1 Å². The van der Waals surface area contributed by atoms with E-state index in [-0.39, 0.29) is 98.3 Å². The Labute approximate surface area is 246 Å². The molecule has 2 N–H and O–H groups in total. The van der Waals surface area contributed by atoms with Crippen molar-refractivity contribution < 1.29 is 100.0 Å². The van der Waals surface area contributed by atoms with Crippen molar-refractivity contribution in [3.05, 3.63) is 58.5 Å². The van der Waals surface area contributed by atoms with E-state index in [1.54, 1.807) is 0 Å². The average Bonchev–Trinajstić information content (AvgIpc) is 3.09. The molecule has 156 valence electrons. The van der Waals surface area contributed by atoms with Crippen molar-refractivity contribution in [1.29, 1.82) is 0 Å². The van der Waals surface area contributed by atoms with E-state index < -0.39 is 0 Å². The van der Waals surface area contributed by atoms with Crippen LogP contribution in [0.5, 0.6) is 0 Å². The average molecular weight is 590 g/mol. The Morgan fingerprint density at radius 2 is 1.00 bits per heavy atom. The minimum Gasteiger partial charge on any atom is -1.00 e. The molecule has 8 heteroatoms. The van der Waals surface area contributed by atoms with Crippen molar-refractivity contribution in [2.45, 2.75) is 48.2 Å². The molecule has 0 aliphatic heterocycles. The predicted molar refractivity (Wildman–Crippen MR) is 115 cm³/mol. The van der Waals surface area contributed by atoms with Gasteiger partial charge in [0.05, 0.1) is 0 Å². The number of aryl methyl sites for hydroxylation is 4. The third kappa shape index (κ3) is 8.00. The molecule has 4 rings (SSSR count). The monoisotopic (exact) mass is 587 g/mol. The first-order valence-corrected chi connectivity index (χ1v) is 10.0. The summed E-state index contributed by atoms with van der Waals surface area (Å²) in [5.74, 6) is 0. The summed E-state index contributed by atoms with van der Waals surface area (Å²) in [7, 11) is 0. The third-order valence-electron chi connectivity index (χ3n) is 4.22. The first-order valence-electron chi connectivity index (χ1n) is 8.41. The molecule has 0 fully saturated rings. The maximum absolute atomic E-state index is 2.35. The zero-order chi connectivity index (χ0) is 17.1. The first kappa shape index (κ1) is 34.4. The van der Waals surface area contributed by atoms with Gasteiger partial charge in [-0.15, -0.1) is 0 Å². The Balaban J connectivity index is -0.000000398. The van der Waals surface area contributed by atoms with Crippen LogP contribution in [0.3, 0.4) is 0 Å². The largest absolute Gasteiger partial charge is 1.00 e. The molecule has 2 aromatic heterocycles. The van der Waals surface area contributed by atoms with Gasteiger partial charge in [-0.25, -0.2) is 0 Å². The number of benzene rings is 2. The van der Waals surface area contributed by atoms with Crippen LogP contribution in [0, 0.1) is 13.8 Å². The Morgan fingerprint density at radius 1 is 0.690 bits per heavy atom. The number of hydrogen-bond donors (Lipinski definition) is 0. The molecule has 3 nitrogen and oxygen atoms in total. The standard InChI is InChI=1S/2C10H12NS.CH4.2BrH.K.H2O/c2*1-3-11-8(2)12-10-7-5-4-6-9(10)11;;;;;/h2*4-7H,3H2,1-2H3;1H4;2*1H;;1H2/q2*+1;;;;+1;/p-2. The summed E-state index contributed by atoms with van der Waals surface area (Å²) < 4.78 is 7.47. The molecule has 4 aromatic rings. The molecule has 2 aromatic carbocycles. The molecular formula is C21H30Br2KN2OS2+. The van der Waals surface area contributed by atoms with Gasteiger partial charge >= 0.3 is 51.4 Å². The summed E-state index contributed by atoms with van der Waals surface area (Å²) in [5, 5.41) is 2.78. The van der Waals surface area contributed by atoms with Gasteiger partial charge in [-0.05, 0) is 26.0 Å². The minimum absolute atomic E-state index is 0. The number of rotatable bonds is 2. The number of nitrogens with zero attached hydrogens (tertiary/aromatic N) is 2. The number of thiazole rings is 2. The van der Waals surface area contributed by atoms with Crippen molar-refractivity contribution in [1.82, 2.24) is 0 Å². The molecule has 0 aliphatic carbocycles. The van der Waals surface area contributed by atoms with Crippen molar-refractivity contribution in [2.24, 2.45) is 0 Å². The smallest absolute Gasteiger partial charge is 1.00 e. The van der Waals surface area contributed by atoms with E-state index in [9.17, 15) is 0 Å². The van der Waals surface area contributed by atoms with Gasteiger partial charge in [0.25, 0.3) is 0 Å². The fourth-order valence-electron chi connectivity index (χ4n) is 3.09. The van der Waals surface area contributed by atoms with E-state index in [4.69, 9.17) is 0 Å². The summed E-state index contributed by atoms with van der Waals surface area (Å²) in [4.78, 5) is 0. The SMILES string of the molecule is C.CC[n+]1c(C)sc2ccccc21.CC[n+]1c(C)sc2ccccc21.O.[Br-].[Br-].[K+]. The van der Waals surface area contributed by atoms with Gasteiger partial charge in [0.1, 0.15) is 22.5 Å². The van der Waals surface area contributed by atoms with Crippen molar-refractivity contribution in [2.75, 3.05) is 0 Å². The Kier molecular flexibility index (Phi) is 19.5. The second-order valence-corrected chi connectivity index (χ2v) is 8.14. The van der Waals surface area contributed by atoms with Crippen molar-refractivity contribution in [3.8, 4) is 0 Å². The topological polar surface area (TPSA) is 39.3 Å². The zero-order valence-corrected chi connectivity index (χ0v) is 24.9. The number of fused-ring (bicyclic) bond motifs is 2. The molecular weight excluding hydrogens is 559 g/mol. The number of hydrogen-bond acceptors (Lipinski definition) is 2. The zero-order valence-electron chi connectivity index (χ0n) is 17.0. The summed E-state index contributed by atoms with van der Waals surface area (Å²) in [6.07, 6.45) is 0. The molecule has 0 amide bonds. The third-order valence-corrected chi connectivity index (χ3v) is 6.38. The van der Waals surface area contributed by atoms with Crippen LogP contribution in [-0.4, -0.2) is 5.48 Å². The predicted octanol–water partition coefficient (Wildman–Crippen LogP) is -4.14. The second-order valence-electron chi connectivity index (χ2n) is 5.67. The molecule has 0 unspecified atom stereocenters. The quantitative estimate of drug-likeness (QED) is 0.169. The van der Waals surface area contributed by atoms with E-state index in [1.165, 1.54) is 30.4 Å². The summed E-state index contributed by atoms with van der Waals surface area (Å²) in [6, 6.07) is 17.1. The Bertz CT molecular complexity index is 909. The van der Waals surface area contributed by atoms with Crippen LogP contribution in [0.4, 0.5) is 0 Å². The summed E-state index contributed by atoms with van der Waals surface area (Å²) in [6.45, 7) is 10.9. The fraction of sp³-hybridized carbons (Fsp3) is 0.333. The minimum atomic E-state index is 0. The molecule has 0 radical (unpaired) electrons. The van der Waals surface area contributed by atoms with E-state index in [1.807, 2.05) is 22.7 Å². The van der Waals surface area contributed by atoms with Crippen LogP contribution in [0.2, 0.25) is 0 Å². The molecule has 0 saturated heterocycles. The van der Waals surface area contributed by atoms with Gasteiger partial charge in [0.15, 0.2) is 0 Å². The molecule has 0 saturated carbocycles. The maximum Gasteiger partial charge on any atom is 1.00 e. The van der Waals surface area contributed by atoms with Crippen LogP contribution >= 0.6 is 22.7 Å². The molecule has 0 aliphatic rings. The van der Waals surface area contributed by atoms with Gasteiger partial charge in [-0.1, -0.05) is 54.4 Å². The summed E-state index contributed by atoms with van der Waals surface area (Å²) >= 11 is 3.73. The van der Waals surface area contributed by atoms with E-state index >= 15 is 0 Å². The molecule has 0 spiro atoms. The molecule has 0 bridgehead atoms. The fourth-order valence-corrected chi connectivity index (χ4v) is 5.26. The number of aromatic nitrogens is 2. The van der Waals surface area contributed by atoms with Gasteiger partial charge < -0.3 is 39.4 Å². The van der Waals surface area contributed by atoms with Gasteiger partial charge in [0, 0.05) is 26.0 Å². The van der Waals surface area contributed by atoms with Gasteiger partial charge in [0.2, 0.25) is 21.0 Å². The number of para-hydroxylation sites is 2.